The molecule has 3 aromatic rings. The van der Waals surface area contributed by atoms with Gasteiger partial charge in [0.1, 0.15) is 11.6 Å². The predicted octanol–water partition coefficient (Wildman–Crippen LogP) is 5.21. The van der Waals surface area contributed by atoms with Crippen LogP contribution in [-0.4, -0.2) is 28.4 Å². The lowest BCUT2D eigenvalue weighted by Crippen LogP contribution is -2.28. The van der Waals surface area contributed by atoms with Crippen molar-refractivity contribution in [3.05, 3.63) is 71.3 Å². The van der Waals surface area contributed by atoms with Crippen LogP contribution < -0.4 is 10.2 Å². The molecule has 7 heteroatoms. The Labute approximate surface area is 181 Å². The first kappa shape index (κ1) is 21.9. The van der Waals surface area contributed by atoms with E-state index >= 15 is 0 Å². The average Bonchev–Trinajstić information content (AvgIpc) is 3.20. The Bertz CT molecular complexity index is 941. The van der Waals surface area contributed by atoms with E-state index < -0.39 is 0 Å². The quantitative estimate of drug-likeness (QED) is 0.483. The van der Waals surface area contributed by atoms with Crippen LogP contribution in [0.3, 0.4) is 0 Å². The summed E-state index contributed by atoms with van der Waals surface area (Å²) in [5.74, 6) is 0.375. The number of rotatable bonds is 10. The maximum atomic E-state index is 13.0. The van der Waals surface area contributed by atoms with Crippen LogP contribution in [0.1, 0.15) is 43.1 Å². The second kappa shape index (κ2) is 10.8. The van der Waals surface area contributed by atoms with Crippen molar-refractivity contribution in [2.45, 2.75) is 39.5 Å². The van der Waals surface area contributed by atoms with Crippen molar-refractivity contribution in [2.75, 3.05) is 23.3 Å². The number of aromatic nitrogens is 2. The van der Waals surface area contributed by atoms with Crippen LogP contribution in [-0.2, 0) is 11.2 Å². The third-order valence-electron chi connectivity index (χ3n) is 4.73. The minimum absolute atomic E-state index is 0.104. The van der Waals surface area contributed by atoms with Crippen molar-refractivity contribution in [2.24, 2.45) is 0 Å². The number of carbonyl (C=O) groups is 1. The first-order valence-corrected chi connectivity index (χ1v) is 11.0. The number of hydrogen-bond donors (Lipinski definition) is 1. The Morgan fingerprint density at radius 2 is 1.83 bits per heavy atom. The number of nitrogens with one attached hydrogen (secondary N) is 1. The van der Waals surface area contributed by atoms with Crippen molar-refractivity contribution in [1.82, 2.24) is 9.36 Å². The molecule has 158 valence electrons. The maximum absolute atomic E-state index is 13.0. The zero-order chi connectivity index (χ0) is 21.3. The van der Waals surface area contributed by atoms with E-state index in [4.69, 9.17) is 4.98 Å². The molecule has 5 nitrogen and oxygen atoms in total. The van der Waals surface area contributed by atoms with Gasteiger partial charge in [0.05, 0.1) is 0 Å². The highest BCUT2D eigenvalue weighted by Gasteiger charge is 2.14. The summed E-state index contributed by atoms with van der Waals surface area (Å²) >= 11 is 1.38. The summed E-state index contributed by atoms with van der Waals surface area (Å²) in [5.41, 5.74) is 3.01. The van der Waals surface area contributed by atoms with Crippen LogP contribution in [0.4, 0.5) is 15.2 Å². The van der Waals surface area contributed by atoms with Gasteiger partial charge in [-0.2, -0.15) is 4.37 Å². The fraction of sp³-hybridized carbons (Fsp3) is 0.348. The molecule has 2 aromatic carbocycles. The number of nitrogens with zero attached hydrogens (tertiary/aromatic N) is 3. The molecular formula is C23H27FN4OS. The van der Waals surface area contributed by atoms with Crippen LogP contribution in [0.25, 0.3) is 0 Å². The molecule has 0 atom stereocenters. The van der Waals surface area contributed by atoms with E-state index in [1.807, 2.05) is 0 Å². The average molecular weight is 427 g/mol. The Balaban J connectivity index is 1.59. The molecule has 0 radical (unpaired) electrons. The first-order chi connectivity index (χ1) is 14.5. The van der Waals surface area contributed by atoms with E-state index in [-0.39, 0.29) is 11.7 Å². The minimum atomic E-state index is -0.323. The zero-order valence-electron chi connectivity index (χ0n) is 17.4. The highest BCUT2D eigenvalue weighted by Crippen LogP contribution is 2.20. The lowest BCUT2D eigenvalue weighted by atomic mass is 10.1. The van der Waals surface area contributed by atoms with Gasteiger partial charge in [-0.1, -0.05) is 43.2 Å². The predicted molar refractivity (Wildman–Crippen MR) is 121 cm³/mol. The molecule has 0 unspecified atom stereocenters. The van der Waals surface area contributed by atoms with E-state index in [0.29, 0.717) is 25.1 Å². The molecule has 0 saturated heterocycles. The van der Waals surface area contributed by atoms with Gasteiger partial charge in [0.25, 0.3) is 0 Å². The highest BCUT2D eigenvalue weighted by molar-refractivity contribution is 7.09. The van der Waals surface area contributed by atoms with Crippen molar-refractivity contribution in [3.8, 4) is 0 Å². The van der Waals surface area contributed by atoms with Gasteiger partial charge in [-0.25, -0.2) is 9.37 Å². The van der Waals surface area contributed by atoms with E-state index in [1.54, 1.807) is 12.1 Å². The summed E-state index contributed by atoms with van der Waals surface area (Å²) in [7, 11) is 0. The molecule has 0 aliphatic carbocycles. The molecule has 1 heterocycles. The van der Waals surface area contributed by atoms with E-state index in [2.05, 4.69) is 52.7 Å². The summed E-state index contributed by atoms with van der Waals surface area (Å²) in [5, 5.41) is 3.66. The van der Waals surface area contributed by atoms with Crippen LogP contribution in [0.5, 0.6) is 0 Å². The van der Waals surface area contributed by atoms with Gasteiger partial charge in [-0.15, -0.1) is 0 Å². The number of carbonyl (C=O) groups excluding carboxylic acids is 1. The largest absolute Gasteiger partial charge is 0.346 e. The summed E-state index contributed by atoms with van der Waals surface area (Å²) in [6, 6.07) is 14.2. The molecule has 0 fully saturated rings. The molecule has 1 amide bonds. The number of anilines is 2. The van der Waals surface area contributed by atoms with Gasteiger partial charge in [-0.05, 0) is 43.2 Å². The molecule has 0 aliphatic heterocycles. The smallest absolute Gasteiger partial charge is 0.226 e. The van der Waals surface area contributed by atoms with Gasteiger partial charge >= 0.3 is 0 Å². The molecule has 1 N–H and O–H groups in total. The third kappa shape index (κ3) is 6.62. The lowest BCUT2D eigenvalue weighted by molar-refractivity contribution is -0.116. The van der Waals surface area contributed by atoms with Gasteiger partial charge in [-0.3, -0.25) is 4.79 Å². The third-order valence-corrected chi connectivity index (χ3v) is 5.54. The minimum Gasteiger partial charge on any atom is -0.346 e. The van der Waals surface area contributed by atoms with Crippen molar-refractivity contribution >= 4 is 28.3 Å². The standard InChI is InChI=1S/C23H27FN4OS/c1-3-4-14-28(15-13-22(29)25-20-11-9-19(24)10-12-20)23-26-21(27-30-23)16-18-7-5-17(2)6-8-18/h5-12H,3-4,13-16H2,1-2H3,(H,25,29). The Morgan fingerprint density at radius 1 is 1.10 bits per heavy atom. The van der Waals surface area contributed by atoms with Crippen LogP contribution in [0, 0.1) is 12.7 Å². The molecule has 0 bridgehead atoms. The normalized spacial score (nSPS) is 10.8. The second-order valence-corrected chi connectivity index (χ2v) is 8.03. The maximum Gasteiger partial charge on any atom is 0.226 e. The number of benzene rings is 2. The Hall–Kier alpha value is -2.80. The fourth-order valence-corrected chi connectivity index (χ4v) is 3.72. The molecular weight excluding hydrogens is 399 g/mol. The monoisotopic (exact) mass is 426 g/mol. The van der Waals surface area contributed by atoms with Gasteiger partial charge in [0.2, 0.25) is 11.0 Å². The molecule has 30 heavy (non-hydrogen) atoms. The summed E-state index contributed by atoms with van der Waals surface area (Å²) < 4.78 is 17.5. The zero-order valence-corrected chi connectivity index (χ0v) is 18.2. The van der Waals surface area contributed by atoms with Crippen molar-refractivity contribution < 1.29 is 9.18 Å². The lowest BCUT2D eigenvalue weighted by Gasteiger charge is -2.20. The summed E-state index contributed by atoms with van der Waals surface area (Å²) in [6.45, 7) is 5.61. The first-order valence-electron chi connectivity index (χ1n) is 10.2. The van der Waals surface area contributed by atoms with Crippen LogP contribution in [0.2, 0.25) is 0 Å². The summed E-state index contributed by atoms with van der Waals surface area (Å²) in [4.78, 5) is 19.2. The fourth-order valence-electron chi connectivity index (χ4n) is 2.98. The van der Waals surface area contributed by atoms with E-state index in [0.717, 1.165) is 30.3 Å². The van der Waals surface area contributed by atoms with Gasteiger partial charge < -0.3 is 10.2 Å². The number of aryl methyl sites for hydroxylation is 1. The van der Waals surface area contributed by atoms with Gasteiger partial charge in [0, 0.05) is 43.2 Å². The molecule has 0 saturated carbocycles. The SMILES string of the molecule is CCCCN(CCC(=O)Nc1ccc(F)cc1)c1nc(Cc2ccc(C)cc2)ns1. The summed E-state index contributed by atoms with van der Waals surface area (Å²) in [6.07, 6.45) is 3.11. The number of unbranched alkanes of at least 4 members (excludes halogenated alkanes) is 1. The topological polar surface area (TPSA) is 58.1 Å². The number of amides is 1. The Morgan fingerprint density at radius 3 is 2.53 bits per heavy atom. The number of halogens is 1. The molecule has 0 aliphatic rings. The van der Waals surface area contributed by atoms with Crippen molar-refractivity contribution in [3.63, 3.8) is 0 Å². The molecule has 0 spiro atoms. The second-order valence-electron chi connectivity index (χ2n) is 7.30. The van der Waals surface area contributed by atoms with Crippen molar-refractivity contribution in [1.29, 1.82) is 0 Å². The molecule has 3 rings (SSSR count). The molecule has 1 aromatic heterocycles. The highest BCUT2D eigenvalue weighted by atomic mass is 32.1. The van der Waals surface area contributed by atoms with E-state index in [1.165, 1.54) is 34.8 Å². The van der Waals surface area contributed by atoms with E-state index in [9.17, 15) is 9.18 Å². The van der Waals surface area contributed by atoms with Crippen LogP contribution in [0.15, 0.2) is 48.5 Å². The van der Waals surface area contributed by atoms with Gasteiger partial charge in [0.15, 0.2) is 0 Å². The van der Waals surface area contributed by atoms with Crippen LogP contribution >= 0.6 is 11.5 Å². The number of hydrogen-bond acceptors (Lipinski definition) is 5. The Kier molecular flexibility index (Phi) is 7.90.